The third-order valence-electron chi connectivity index (χ3n) is 2.77. The van der Waals surface area contributed by atoms with Gasteiger partial charge in [0.1, 0.15) is 5.75 Å². The predicted octanol–water partition coefficient (Wildman–Crippen LogP) is 0.288. The topological polar surface area (TPSA) is 87.7 Å². The van der Waals surface area contributed by atoms with Gasteiger partial charge in [0.2, 0.25) is 0 Å². The van der Waals surface area contributed by atoms with Gasteiger partial charge < -0.3 is 20.5 Å². The number of amides is 2. The van der Waals surface area contributed by atoms with Crippen molar-refractivity contribution in [2.45, 2.75) is 5.54 Å². The van der Waals surface area contributed by atoms with Crippen LogP contribution in [0.3, 0.4) is 0 Å². The third kappa shape index (κ3) is 1.77. The first-order chi connectivity index (χ1) is 8.08. The summed E-state index contributed by atoms with van der Waals surface area (Å²) in [5.41, 5.74) is -0.950. The summed E-state index contributed by atoms with van der Waals surface area (Å²) in [4.78, 5) is 22.5. The van der Waals surface area contributed by atoms with E-state index >= 15 is 0 Å². The molecule has 6 nitrogen and oxygen atoms in total. The number of benzene rings is 1. The monoisotopic (exact) mass is 236 g/mol. The van der Waals surface area contributed by atoms with Crippen LogP contribution in [0.1, 0.15) is 5.56 Å². The second kappa shape index (κ2) is 3.97. The molecule has 1 fully saturated rings. The molecule has 2 rings (SSSR count). The van der Waals surface area contributed by atoms with Crippen LogP contribution in [0.4, 0.5) is 4.79 Å². The van der Waals surface area contributed by atoms with Gasteiger partial charge in [0.15, 0.2) is 5.54 Å². The van der Waals surface area contributed by atoms with Crippen molar-refractivity contribution in [3.8, 4) is 5.75 Å². The van der Waals surface area contributed by atoms with Gasteiger partial charge in [-0.2, -0.15) is 0 Å². The number of methoxy groups -OCH3 is 1. The Morgan fingerprint density at radius 3 is 2.82 bits per heavy atom. The number of carbonyl (C=O) groups is 2. The molecule has 6 heteroatoms. The minimum Gasteiger partial charge on any atom is -0.497 e. The van der Waals surface area contributed by atoms with Crippen molar-refractivity contribution in [1.82, 2.24) is 10.6 Å². The third-order valence-corrected chi connectivity index (χ3v) is 2.77. The highest BCUT2D eigenvalue weighted by Gasteiger charge is 2.46. The molecule has 1 unspecified atom stereocenters. The Labute approximate surface area is 97.6 Å². The number of hydrogen-bond acceptors (Lipinski definition) is 3. The van der Waals surface area contributed by atoms with Gasteiger partial charge in [-0.1, -0.05) is 12.1 Å². The van der Waals surface area contributed by atoms with E-state index in [1.807, 2.05) is 0 Å². The first-order valence-corrected chi connectivity index (χ1v) is 5.02. The Morgan fingerprint density at radius 1 is 1.53 bits per heavy atom. The van der Waals surface area contributed by atoms with Crippen LogP contribution in [0.15, 0.2) is 24.3 Å². The van der Waals surface area contributed by atoms with Crippen molar-refractivity contribution in [2.75, 3.05) is 13.7 Å². The molecular formula is C11H12N2O4. The van der Waals surface area contributed by atoms with E-state index < -0.39 is 17.5 Å². The molecule has 1 aromatic carbocycles. The first-order valence-electron chi connectivity index (χ1n) is 5.02. The summed E-state index contributed by atoms with van der Waals surface area (Å²) in [6.07, 6.45) is 0. The Bertz CT molecular complexity index is 474. The summed E-state index contributed by atoms with van der Waals surface area (Å²) in [5.74, 6) is -0.562. The number of ether oxygens (including phenoxy) is 1. The van der Waals surface area contributed by atoms with Crippen LogP contribution in [0.2, 0.25) is 0 Å². The fraction of sp³-hybridized carbons (Fsp3) is 0.273. The number of aliphatic carboxylic acids is 1. The van der Waals surface area contributed by atoms with E-state index in [1.54, 1.807) is 24.3 Å². The average molecular weight is 236 g/mol. The summed E-state index contributed by atoms with van der Waals surface area (Å²) < 4.78 is 5.04. The minimum atomic E-state index is -1.42. The Kier molecular flexibility index (Phi) is 2.63. The molecule has 1 aromatic rings. The summed E-state index contributed by atoms with van der Waals surface area (Å²) >= 11 is 0. The van der Waals surface area contributed by atoms with Gasteiger partial charge in [-0.25, -0.2) is 9.59 Å². The Hall–Kier alpha value is -2.24. The van der Waals surface area contributed by atoms with Crippen molar-refractivity contribution in [3.05, 3.63) is 29.8 Å². The zero-order valence-electron chi connectivity index (χ0n) is 9.19. The number of carboxylic acid groups (broad SMARTS) is 1. The molecule has 2 amide bonds. The van der Waals surface area contributed by atoms with E-state index in [0.29, 0.717) is 11.3 Å². The van der Waals surface area contributed by atoms with Crippen LogP contribution in [0.25, 0.3) is 0 Å². The van der Waals surface area contributed by atoms with Gasteiger partial charge in [-0.05, 0) is 17.7 Å². The number of carbonyl (C=O) groups excluding carboxylic acids is 1. The van der Waals surface area contributed by atoms with Gasteiger partial charge in [0.05, 0.1) is 13.7 Å². The van der Waals surface area contributed by atoms with Crippen molar-refractivity contribution >= 4 is 12.0 Å². The van der Waals surface area contributed by atoms with Crippen LogP contribution in [-0.2, 0) is 10.3 Å². The minimum absolute atomic E-state index is 0.00827. The Morgan fingerprint density at radius 2 is 2.29 bits per heavy atom. The first kappa shape index (κ1) is 11.3. The number of carboxylic acids is 1. The second-order valence-corrected chi connectivity index (χ2v) is 3.75. The lowest BCUT2D eigenvalue weighted by Crippen LogP contribution is -2.47. The lowest BCUT2D eigenvalue weighted by molar-refractivity contribution is -0.143. The Balaban J connectivity index is 2.46. The van der Waals surface area contributed by atoms with Gasteiger partial charge >= 0.3 is 12.0 Å². The lowest BCUT2D eigenvalue weighted by Gasteiger charge is -2.23. The standard InChI is InChI=1S/C11H12N2O4/c1-17-8-4-2-3-7(5-8)11(9(14)15)6-12-10(16)13-11/h2-5H,6H2,1H3,(H,14,15)(H2,12,13,16). The maximum Gasteiger partial charge on any atom is 0.336 e. The molecule has 1 heterocycles. The van der Waals surface area contributed by atoms with Crippen LogP contribution in [-0.4, -0.2) is 30.8 Å². The van der Waals surface area contributed by atoms with E-state index in [4.69, 9.17) is 4.74 Å². The molecule has 0 bridgehead atoms. The second-order valence-electron chi connectivity index (χ2n) is 3.75. The lowest BCUT2D eigenvalue weighted by atomic mass is 9.91. The van der Waals surface area contributed by atoms with Crippen molar-refractivity contribution in [2.24, 2.45) is 0 Å². The molecule has 0 saturated carbocycles. The van der Waals surface area contributed by atoms with E-state index in [9.17, 15) is 14.7 Å². The van der Waals surface area contributed by atoms with Gasteiger partial charge in [0.25, 0.3) is 0 Å². The number of urea groups is 1. The highest BCUT2D eigenvalue weighted by atomic mass is 16.5. The molecule has 0 aliphatic carbocycles. The molecule has 0 spiro atoms. The van der Waals surface area contributed by atoms with E-state index in [0.717, 1.165) is 0 Å². The molecule has 17 heavy (non-hydrogen) atoms. The average Bonchev–Trinajstić information content (AvgIpc) is 2.73. The van der Waals surface area contributed by atoms with E-state index in [-0.39, 0.29) is 6.54 Å². The summed E-state index contributed by atoms with van der Waals surface area (Å²) in [5, 5.41) is 14.2. The quantitative estimate of drug-likeness (QED) is 0.703. The zero-order valence-corrected chi connectivity index (χ0v) is 9.19. The summed E-state index contributed by atoms with van der Waals surface area (Å²) in [6, 6.07) is 6.15. The smallest absolute Gasteiger partial charge is 0.336 e. The SMILES string of the molecule is COc1cccc(C2(C(=O)O)CNC(=O)N2)c1. The maximum atomic E-state index is 11.4. The molecule has 1 saturated heterocycles. The van der Waals surface area contributed by atoms with E-state index in [2.05, 4.69) is 10.6 Å². The zero-order chi connectivity index (χ0) is 12.5. The van der Waals surface area contributed by atoms with Crippen LogP contribution in [0.5, 0.6) is 5.75 Å². The van der Waals surface area contributed by atoms with E-state index in [1.165, 1.54) is 7.11 Å². The summed E-state index contributed by atoms with van der Waals surface area (Å²) in [6.45, 7) is 0.00827. The number of nitrogens with one attached hydrogen (secondary N) is 2. The molecule has 3 N–H and O–H groups in total. The largest absolute Gasteiger partial charge is 0.497 e. The number of hydrogen-bond donors (Lipinski definition) is 3. The van der Waals surface area contributed by atoms with Gasteiger partial charge in [0, 0.05) is 0 Å². The van der Waals surface area contributed by atoms with Crippen molar-refractivity contribution in [1.29, 1.82) is 0 Å². The van der Waals surface area contributed by atoms with Crippen molar-refractivity contribution in [3.63, 3.8) is 0 Å². The molecule has 0 radical (unpaired) electrons. The molecular weight excluding hydrogens is 224 g/mol. The van der Waals surface area contributed by atoms with Crippen LogP contribution < -0.4 is 15.4 Å². The van der Waals surface area contributed by atoms with Gasteiger partial charge in [-0.3, -0.25) is 0 Å². The summed E-state index contributed by atoms with van der Waals surface area (Å²) in [7, 11) is 1.50. The molecule has 1 atom stereocenters. The van der Waals surface area contributed by atoms with Gasteiger partial charge in [-0.15, -0.1) is 0 Å². The number of rotatable bonds is 3. The maximum absolute atomic E-state index is 11.4. The normalized spacial score (nSPS) is 22.8. The fourth-order valence-corrected chi connectivity index (χ4v) is 1.81. The van der Waals surface area contributed by atoms with Crippen molar-refractivity contribution < 1.29 is 19.4 Å². The predicted molar refractivity (Wildman–Crippen MR) is 58.8 cm³/mol. The highest BCUT2D eigenvalue weighted by Crippen LogP contribution is 2.27. The molecule has 1 aliphatic heterocycles. The highest BCUT2D eigenvalue weighted by molar-refractivity contribution is 5.91. The molecule has 90 valence electrons. The van der Waals surface area contributed by atoms with Crippen LogP contribution in [0, 0.1) is 0 Å². The fourth-order valence-electron chi connectivity index (χ4n) is 1.81. The van der Waals surface area contributed by atoms with Crippen LogP contribution >= 0.6 is 0 Å². The molecule has 0 aromatic heterocycles. The molecule has 1 aliphatic rings.